The van der Waals surface area contributed by atoms with E-state index in [9.17, 15) is 4.79 Å². The van der Waals surface area contributed by atoms with Crippen molar-refractivity contribution in [3.63, 3.8) is 0 Å². The average molecular weight is 267 g/mol. The second kappa shape index (κ2) is 8.03. The topological polar surface area (TPSA) is 52.3 Å². The van der Waals surface area contributed by atoms with Gasteiger partial charge in [-0.3, -0.25) is 4.79 Å². The Morgan fingerprint density at radius 3 is 2.61 bits per heavy atom. The van der Waals surface area contributed by atoms with Crippen LogP contribution in [0, 0.1) is 5.92 Å². The van der Waals surface area contributed by atoms with Crippen molar-refractivity contribution in [3.05, 3.63) is 29.8 Å². The summed E-state index contributed by atoms with van der Waals surface area (Å²) < 4.78 is 5.13. The molecule has 0 heterocycles. The Labute approximate surface area is 113 Å². The maximum atomic E-state index is 11.4. The van der Waals surface area contributed by atoms with Gasteiger partial charge in [0.05, 0.1) is 12.4 Å². The van der Waals surface area contributed by atoms with Crippen LogP contribution in [0.5, 0.6) is 0 Å². The Balaban J connectivity index is 2.13. The van der Waals surface area contributed by atoms with Crippen LogP contribution < -0.4 is 5.73 Å². The van der Waals surface area contributed by atoms with E-state index in [-0.39, 0.29) is 5.97 Å². The highest BCUT2D eigenvalue weighted by Gasteiger charge is 2.04. The third-order valence-corrected chi connectivity index (χ3v) is 3.40. The van der Waals surface area contributed by atoms with E-state index in [0.717, 1.165) is 17.9 Å². The Bertz CT molecular complexity index is 363. The Morgan fingerprint density at radius 1 is 1.33 bits per heavy atom. The smallest absolute Gasteiger partial charge is 0.315 e. The SMILES string of the molecule is CC(C)CCOC(=O)CSCc1ccc(N)cc1. The van der Waals surface area contributed by atoms with E-state index < -0.39 is 0 Å². The Morgan fingerprint density at radius 2 is 2.00 bits per heavy atom. The third-order valence-electron chi connectivity index (χ3n) is 2.43. The van der Waals surface area contributed by atoms with E-state index >= 15 is 0 Å². The van der Waals surface area contributed by atoms with Gasteiger partial charge in [-0.05, 0) is 30.0 Å². The minimum absolute atomic E-state index is 0.129. The average Bonchev–Trinajstić information content (AvgIpc) is 2.31. The summed E-state index contributed by atoms with van der Waals surface area (Å²) in [5.74, 6) is 1.65. The molecule has 0 amide bonds. The van der Waals surface area contributed by atoms with Crippen LogP contribution >= 0.6 is 11.8 Å². The van der Waals surface area contributed by atoms with E-state index in [1.165, 1.54) is 5.56 Å². The van der Waals surface area contributed by atoms with Crippen molar-refractivity contribution in [2.75, 3.05) is 18.1 Å². The van der Waals surface area contributed by atoms with E-state index in [0.29, 0.717) is 18.3 Å². The maximum Gasteiger partial charge on any atom is 0.315 e. The fraction of sp³-hybridized carbons (Fsp3) is 0.500. The second-order valence-electron chi connectivity index (χ2n) is 4.64. The molecule has 0 radical (unpaired) electrons. The molecule has 18 heavy (non-hydrogen) atoms. The fourth-order valence-corrected chi connectivity index (χ4v) is 2.10. The van der Waals surface area contributed by atoms with E-state index in [1.54, 1.807) is 11.8 Å². The number of rotatable bonds is 7. The number of ether oxygens (including phenoxy) is 1. The van der Waals surface area contributed by atoms with Crippen molar-refractivity contribution in [2.45, 2.75) is 26.0 Å². The summed E-state index contributed by atoms with van der Waals surface area (Å²) in [5, 5.41) is 0. The molecular weight excluding hydrogens is 246 g/mol. The molecule has 1 aromatic rings. The Hall–Kier alpha value is -1.16. The quantitative estimate of drug-likeness (QED) is 0.609. The molecule has 3 nitrogen and oxygen atoms in total. The van der Waals surface area contributed by atoms with Crippen molar-refractivity contribution in [3.8, 4) is 0 Å². The standard InChI is InChI=1S/C14H21NO2S/c1-11(2)7-8-17-14(16)10-18-9-12-3-5-13(15)6-4-12/h3-6,11H,7-10,15H2,1-2H3. The molecule has 0 unspecified atom stereocenters. The van der Waals surface area contributed by atoms with Gasteiger partial charge in [0.25, 0.3) is 0 Å². The lowest BCUT2D eigenvalue weighted by atomic mass is 10.1. The second-order valence-corrected chi connectivity index (χ2v) is 5.62. The number of benzene rings is 1. The number of esters is 1. The first-order valence-electron chi connectivity index (χ1n) is 6.15. The van der Waals surface area contributed by atoms with Crippen LogP contribution in [0.2, 0.25) is 0 Å². The summed E-state index contributed by atoms with van der Waals surface area (Å²) in [7, 11) is 0. The molecule has 0 aliphatic rings. The van der Waals surface area contributed by atoms with Gasteiger partial charge < -0.3 is 10.5 Å². The number of nitrogens with two attached hydrogens (primary N) is 1. The van der Waals surface area contributed by atoms with Gasteiger partial charge in [0.2, 0.25) is 0 Å². The fourth-order valence-electron chi connectivity index (χ4n) is 1.32. The van der Waals surface area contributed by atoms with E-state index in [1.807, 2.05) is 24.3 Å². The molecule has 0 fully saturated rings. The molecule has 1 rings (SSSR count). The number of hydrogen-bond acceptors (Lipinski definition) is 4. The first-order valence-corrected chi connectivity index (χ1v) is 7.31. The molecule has 0 bridgehead atoms. The zero-order valence-corrected chi connectivity index (χ0v) is 11.8. The largest absolute Gasteiger partial charge is 0.465 e. The maximum absolute atomic E-state index is 11.4. The molecule has 0 aromatic heterocycles. The molecule has 0 saturated carbocycles. The molecule has 1 aromatic carbocycles. The zero-order chi connectivity index (χ0) is 13.4. The van der Waals surface area contributed by atoms with Crippen molar-refractivity contribution < 1.29 is 9.53 Å². The number of nitrogen functional groups attached to an aromatic ring is 1. The molecular formula is C14H21NO2S. The van der Waals surface area contributed by atoms with Crippen LogP contribution in [0.1, 0.15) is 25.8 Å². The number of anilines is 1. The number of thioether (sulfide) groups is 1. The lowest BCUT2D eigenvalue weighted by Crippen LogP contribution is -2.10. The highest BCUT2D eigenvalue weighted by molar-refractivity contribution is 7.99. The predicted octanol–water partition coefficient (Wildman–Crippen LogP) is 3.09. The molecule has 0 atom stereocenters. The van der Waals surface area contributed by atoms with Crippen molar-refractivity contribution in [1.29, 1.82) is 0 Å². The van der Waals surface area contributed by atoms with Gasteiger partial charge in [-0.1, -0.05) is 26.0 Å². The number of hydrogen-bond donors (Lipinski definition) is 1. The van der Waals surface area contributed by atoms with Gasteiger partial charge in [-0.2, -0.15) is 0 Å². The summed E-state index contributed by atoms with van der Waals surface area (Å²) >= 11 is 1.56. The monoisotopic (exact) mass is 267 g/mol. The van der Waals surface area contributed by atoms with Crippen molar-refractivity contribution in [2.24, 2.45) is 5.92 Å². The van der Waals surface area contributed by atoms with Gasteiger partial charge in [0.1, 0.15) is 0 Å². The van der Waals surface area contributed by atoms with E-state index in [2.05, 4.69) is 13.8 Å². The minimum atomic E-state index is -0.129. The summed E-state index contributed by atoms with van der Waals surface area (Å²) in [4.78, 5) is 11.4. The lowest BCUT2D eigenvalue weighted by molar-refractivity contribution is -0.140. The molecule has 0 aliphatic heterocycles. The summed E-state index contributed by atoms with van der Waals surface area (Å²) in [6.45, 7) is 4.76. The molecule has 0 aliphatic carbocycles. The third kappa shape index (κ3) is 6.55. The van der Waals surface area contributed by atoms with Crippen LogP contribution in [0.25, 0.3) is 0 Å². The van der Waals surface area contributed by atoms with Crippen LogP contribution in [0.4, 0.5) is 5.69 Å². The van der Waals surface area contributed by atoms with Crippen molar-refractivity contribution in [1.82, 2.24) is 0 Å². The highest BCUT2D eigenvalue weighted by atomic mass is 32.2. The van der Waals surface area contributed by atoms with Gasteiger partial charge >= 0.3 is 5.97 Å². The van der Waals surface area contributed by atoms with Crippen LogP contribution in [0.3, 0.4) is 0 Å². The minimum Gasteiger partial charge on any atom is -0.465 e. The van der Waals surface area contributed by atoms with Gasteiger partial charge in [0, 0.05) is 11.4 Å². The van der Waals surface area contributed by atoms with Gasteiger partial charge in [0.15, 0.2) is 0 Å². The van der Waals surface area contributed by atoms with Crippen LogP contribution in [-0.2, 0) is 15.3 Å². The summed E-state index contributed by atoms with van der Waals surface area (Å²) in [5.41, 5.74) is 7.53. The first kappa shape index (κ1) is 14.9. The highest BCUT2D eigenvalue weighted by Crippen LogP contribution is 2.14. The number of carbonyl (C=O) groups excluding carboxylic acids is 1. The first-order chi connectivity index (χ1) is 8.58. The molecule has 0 saturated heterocycles. The molecule has 2 N–H and O–H groups in total. The molecule has 4 heteroatoms. The lowest BCUT2D eigenvalue weighted by Gasteiger charge is -2.06. The predicted molar refractivity (Wildman–Crippen MR) is 77.4 cm³/mol. The molecule has 0 spiro atoms. The van der Waals surface area contributed by atoms with Gasteiger partial charge in [-0.15, -0.1) is 11.8 Å². The van der Waals surface area contributed by atoms with Crippen molar-refractivity contribution >= 4 is 23.4 Å². The van der Waals surface area contributed by atoms with E-state index in [4.69, 9.17) is 10.5 Å². The summed E-state index contributed by atoms with van der Waals surface area (Å²) in [6.07, 6.45) is 0.925. The zero-order valence-electron chi connectivity index (χ0n) is 11.0. The Kier molecular flexibility index (Phi) is 6.65. The van der Waals surface area contributed by atoms with Crippen LogP contribution in [0.15, 0.2) is 24.3 Å². The van der Waals surface area contributed by atoms with Crippen LogP contribution in [-0.4, -0.2) is 18.3 Å². The summed E-state index contributed by atoms with van der Waals surface area (Å²) in [6, 6.07) is 7.70. The molecule has 100 valence electrons. The number of carbonyl (C=O) groups is 1. The normalized spacial score (nSPS) is 10.6. The van der Waals surface area contributed by atoms with Gasteiger partial charge in [-0.25, -0.2) is 0 Å².